The van der Waals surface area contributed by atoms with Crippen LogP contribution in [0.3, 0.4) is 0 Å². The van der Waals surface area contributed by atoms with E-state index in [-0.39, 0.29) is 21.3 Å². The van der Waals surface area contributed by atoms with Crippen LogP contribution in [0, 0.1) is 0 Å². The molecule has 168 valence electrons. The Morgan fingerprint density at radius 1 is 1.09 bits per heavy atom. The largest absolute Gasteiger partial charge is 0.430 e. The summed E-state index contributed by atoms with van der Waals surface area (Å²) < 4.78 is 62.9. The zero-order valence-corrected chi connectivity index (χ0v) is 19.5. The van der Waals surface area contributed by atoms with Gasteiger partial charge in [0, 0.05) is 11.3 Å². The Morgan fingerprint density at radius 3 is 2.47 bits per heavy atom. The van der Waals surface area contributed by atoms with Gasteiger partial charge in [0.15, 0.2) is 9.84 Å². The monoisotopic (exact) mass is 518 g/mol. The summed E-state index contributed by atoms with van der Waals surface area (Å²) in [5, 5.41) is 2.19. The summed E-state index contributed by atoms with van der Waals surface area (Å²) in [6, 6.07) is 12.3. The van der Waals surface area contributed by atoms with Crippen LogP contribution >= 0.6 is 34.5 Å². The average Bonchev–Trinajstić information content (AvgIpc) is 3.19. The second kappa shape index (κ2) is 9.27. The Hall–Kier alpha value is -2.33. The van der Waals surface area contributed by atoms with Gasteiger partial charge in [-0.2, -0.15) is 13.2 Å². The van der Waals surface area contributed by atoms with Crippen LogP contribution in [-0.4, -0.2) is 26.6 Å². The van der Waals surface area contributed by atoms with Gasteiger partial charge < -0.3 is 5.73 Å². The van der Waals surface area contributed by atoms with Crippen molar-refractivity contribution in [3.8, 4) is 11.1 Å². The van der Waals surface area contributed by atoms with E-state index in [9.17, 15) is 21.6 Å². The van der Waals surface area contributed by atoms with Gasteiger partial charge in [0.25, 0.3) is 0 Å². The minimum Gasteiger partial charge on any atom is -0.395 e. The number of hydrogen-bond acceptors (Lipinski definition) is 5. The molecule has 32 heavy (non-hydrogen) atoms. The van der Waals surface area contributed by atoms with Crippen molar-refractivity contribution in [2.45, 2.75) is 11.1 Å². The van der Waals surface area contributed by atoms with E-state index in [0.29, 0.717) is 21.0 Å². The Morgan fingerprint density at radius 2 is 1.81 bits per heavy atom. The average molecular weight is 519 g/mol. The van der Waals surface area contributed by atoms with Gasteiger partial charge >= 0.3 is 6.18 Å². The highest BCUT2D eigenvalue weighted by molar-refractivity contribution is 7.90. The SMILES string of the molecule is CS(=O)(=O)c1cccc(-c2csc(C(/C=C(\N)C(F)(F)F)=Nc3cc(Cl)ccc3Cl)c2)c1. The van der Waals surface area contributed by atoms with Crippen molar-refractivity contribution in [3.63, 3.8) is 0 Å². The molecule has 2 N–H and O–H groups in total. The maximum absolute atomic E-state index is 13.1. The third-order valence-corrected chi connectivity index (χ3v) is 6.83. The number of halogens is 5. The Kier molecular flexibility index (Phi) is 7.04. The van der Waals surface area contributed by atoms with E-state index < -0.39 is 21.7 Å². The summed E-state index contributed by atoms with van der Waals surface area (Å²) >= 11 is 13.2. The molecule has 0 bridgehead atoms. The molecule has 0 amide bonds. The van der Waals surface area contributed by atoms with E-state index in [4.69, 9.17) is 28.9 Å². The minimum absolute atomic E-state index is 0.0699. The van der Waals surface area contributed by atoms with Gasteiger partial charge in [-0.15, -0.1) is 11.3 Å². The molecular formula is C21H15Cl2F3N2O2S2. The molecule has 0 saturated heterocycles. The van der Waals surface area contributed by atoms with E-state index >= 15 is 0 Å². The summed E-state index contributed by atoms with van der Waals surface area (Å²) in [5.74, 6) is 0. The Bertz CT molecular complexity index is 1330. The summed E-state index contributed by atoms with van der Waals surface area (Å²) in [5.41, 5.74) is 5.20. The Balaban J connectivity index is 2.12. The van der Waals surface area contributed by atoms with E-state index in [1.54, 1.807) is 23.6 Å². The summed E-state index contributed by atoms with van der Waals surface area (Å²) in [6.45, 7) is 0. The molecule has 1 aromatic heterocycles. The first-order chi connectivity index (χ1) is 14.8. The fourth-order valence-electron chi connectivity index (χ4n) is 2.62. The van der Waals surface area contributed by atoms with Crippen LogP contribution in [0.5, 0.6) is 0 Å². The van der Waals surface area contributed by atoms with Gasteiger partial charge in [-0.05, 0) is 59.0 Å². The molecule has 4 nitrogen and oxygen atoms in total. The number of rotatable bonds is 5. The smallest absolute Gasteiger partial charge is 0.395 e. The lowest BCUT2D eigenvalue weighted by Gasteiger charge is -2.08. The number of allylic oxidation sites excluding steroid dienone is 2. The molecule has 0 radical (unpaired) electrons. The number of hydrogen-bond donors (Lipinski definition) is 1. The second-order valence-electron chi connectivity index (χ2n) is 6.69. The molecule has 1 heterocycles. The molecule has 0 spiro atoms. The lowest BCUT2D eigenvalue weighted by atomic mass is 10.1. The number of thiophene rings is 1. The van der Waals surface area contributed by atoms with Gasteiger partial charge in [-0.3, -0.25) is 0 Å². The van der Waals surface area contributed by atoms with Gasteiger partial charge in [0.05, 0.1) is 26.2 Å². The number of aliphatic imine (C=N–C) groups is 1. The van der Waals surface area contributed by atoms with Crippen molar-refractivity contribution in [2.75, 3.05) is 6.26 Å². The highest BCUT2D eigenvalue weighted by Gasteiger charge is 2.32. The van der Waals surface area contributed by atoms with Crippen LogP contribution in [-0.2, 0) is 9.84 Å². The molecule has 0 atom stereocenters. The van der Waals surface area contributed by atoms with Crippen molar-refractivity contribution >= 4 is 55.8 Å². The van der Waals surface area contributed by atoms with Crippen LogP contribution in [0.15, 0.2) is 75.6 Å². The summed E-state index contributed by atoms with van der Waals surface area (Å²) in [6.07, 6.45) is -2.93. The van der Waals surface area contributed by atoms with Crippen molar-refractivity contribution in [3.05, 3.63) is 80.6 Å². The molecule has 11 heteroatoms. The zero-order chi connectivity index (χ0) is 23.7. The number of alkyl halides is 3. The predicted octanol–water partition coefficient (Wildman–Crippen LogP) is 6.65. The van der Waals surface area contributed by atoms with Crippen molar-refractivity contribution < 1.29 is 21.6 Å². The molecule has 0 saturated carbocycles. The standard InChI is InChI=1S/C21H15Cl2F3N2O2S2/c1-32(29,30)15-4-2-3-12(7-15)13-8-19(31-11-13)18(10-20(27)21(24,25)26)28-17-9-14(22)5-6-16(17)23/h2-11H,27H2,1H3/b20-10-,28-18?. The fourth-order valence-corrected chi connectivity index (χ4v) is 4.49. The molecule has 2 aromatic carbocycles. The first-order valence-electron chi connectivity index (χ1n) is 8.82. The number of sulfone groups is 1. The van der Waals surface area contributed by atoms with Crippen LogP contribution in [0.1, 0.15) is 4.88 Å². The summed E-state index contributed by atoms with van der Waals surface area (Å²) in [7, 11) is -3.42. The normalized spacial score (nSPS) is 13.4. The van der Waals surface area contributed by atoms with Gasteiger partial charge in [-0.25, -0.2) is 13.4 Å². The van der Waals surface area contributed by atoms with Crippen LogP contribution in [0.25, 0.3) is 11.1 Å². The first kappa shape index (κ1) is 24.3. The van der Waals surface area contributed by atoms with Crippen molar-refractivity contribution in [1.29, 1.82) is 0 Å². The van der Waals surface area contributed by atoms with Gasteiger partial charge in [0.1, 0.15) is 5.70 Å². The summed E-state index contributed by atoms with van der Waals surface area (Å²) in [4.78, 5) is 4.76. The minimum atomic E-state index is -4.75. The highest BCUT2D eigenvalue weighted by atomic mass is 35.5. The molecule has 0 aliphatic rings. The lowest BCUT2D eigenvalue weighted by Crippen LogP contribution is -2.20. The van der Waals surface area contributed by atoms with Gasteiger partial charge in [0.2, 0.25) is 0 Å². The maximum Gasteiger partial charge on any atom is 0.430 e. The van der Waals surface area contributed by atoms with Crippen LogP contribution in [0.2, 0.25) is 10.0 Å². The topological polar surface area (TPSA) is 72.5 Å². The van der Waals surface area contributed by atoms with Crippen molar-refractivity contribution in [1.82, 2.24) is 0 Å². The van der Waals surface area contributed by atoms with Gasteiger partial charge in [-0.1, -0.05) is 35.3 Å². The third kappa shape index (κ3) is 5.92. The Labute approximate surface area is 196 Å². The van der Waals surface area contributed by atoms with E-state index in [0.717, 1.165) is 23.7 Å². The van der Waals surface area contributed by atoms with E-state index in [2.05, 4.69) is 4.99 Å². The molecule has 0 aliphatic carbocycles. The molecule has 0 aliphatic heterocycles. The van der Waals surface area contributed by atoms with Crippen LogP contribution in [0.4, 0.5) is 18.9 Å². The fraction of sp³-hybridized carbons (Fsp3) is 0.0952. The molecule has 0 unspecified atom stereocenters. The van der Waals surface area contributed by atoms with Crippen LogP contribution < -0.4 is 5.73 Å². The highest BCUT2D eigenvalue weighted by Crippen LogP contribution is 2.33. The molecule has 0 fully saturated rings. The first-order valence-corrected chi connectivity index (χ1v) is 12.3. The lowest BCUT2D eigenvalue weighted by molar-refractivity contribution is -0.0925. The molecular weight excluding hydrogens is 504 g/mol. The number of nitrogens with two attached hydrogens (primary N) is 1. The quantitative estimate of drug-likeness (QED) is 0.384. The van der Waals surface area contributed by atoms with E-state index in [1.165, 1.54) is 30.3 Å². The molecule has 3 aromatic rings. The zero-order valence-electron chi connectivity index (χ0n) is 16.3. The third-order valence-electron chi connectivity index (χ3n) is 4.22. The van der Waals surface area contributed by atoms with E-state index in [1.807, 2.05) is 0 Å². The second-order valence-corrected chi connectivity index (χ2v) is 10.5. The number of nitrogens with zero attached hydrogens (tertiary/aromatic N) is 1. The number of benzene rings is 2. The molecule has 3 rings (SSSR count). The maximum atomic E-state index is 13.1. The predicted molar refractivity (Wildman–Crippen MR) is 124 cm³/mol. The van der Waals surface area contributed by atoms with Crippen molar-refractivity contribution in [2.24, 2.45) is 10.7 Å².